The van der Waals surface area contributed by atoms with Gasteiger partial charge in [0.15, 0.2) is 0 Å². The number of carboxylic acid groups (broad SMARTS) is 1. The molecule has 0 aromatic carbocycles. The van der Waals surface area contributed by atoms with Crippen LogP contribution in [-0.4, -0.2) is 47.4 Å². The molecule has 6 heteroatoms. The largest absolute Gasteiger partial charge is 0.481 e. The quantitative estimate of drug-likeness (QED) is 0.743. The number of nitrogens with zero attached hydrogens (tertiary/aromatic N) is 1. The van der Waals surface area contributed by atoms with E-state index in [1.807, 2.05) is 13.8 Å². The molecule has 0 saturated heterocycles. The Morgan fingerprint density at radius 2 is 1.76 bits per heavy atom. The predicted octanol–water partition coefficient (Wildman–Crippen LogP) is 1.39. The first kappa shape index (κ1) is 17.5. The number of hydrogen-bond donors (Lipinski definition) is 2. The number of carbonyl (C=O) groups is 3. The molecule has 1 aliphatic rings. The molecule has 0 bridgehead atoms. The monoisotopic (exact) mass is 298 g/mol. The number of carboxylic acids is 1. The maximum Gasteiger partial charge on any atom is 0.303 e. The van der Waals surface area contributed by atoms with Crippen molar-refractivity contribution in [1.82, 2.24) is 10.2 Å². The molecule has 0 heterocycles. The lowest BCUT2D eigenvalue weighted by atomic mass is 9.79. The third-order valence-electron chi connectivity index (χ3n) is 3.97. The van der Waals surface area contributed by atoms with Crippen LogP contribution >= 0.6 is 0 Å². The summed E-state index contributed by atoms with van der Waals surface area (Å²) in [6.07, 6.45) is 3.74. The zero-order valence-electron chi connectivity index (χ0n) is 13.1. The van der Waals surface area contributed by atoms with Gasteiger partial charge in [-0.05, 0) is 32.1 Å². The van der Waals surface area contributed by atoms with E-state index in [2.05, 4.69) is 5.32 Å². The molecular formula is C15H26N2O4. The van der Waals surface area contributed by atoms with Gasteiger partial charge in [0.2, 0.25) is 11.8 Å². The van der Waals surface area contributed by atoms with Gasteiger partial charge in [-0.1, -0.05) is 12.8 Å². The third-order valence-corrected chi connectivity index (χ3v) is 3.97. The molecule has 1 saturated carbocycles. The predicted molar refractivity (Wildman–Crippen MR) is 78.7 cm³/mol. The van der Waals surface area contributed by atoms with E-state index in [9.17, 15) is 14.4 Å². The molecule has 0 aromatic heterocycles. The van der Waals surface area contributed by atoms with Crippen LogP contribution in [0.15, 0.2) is 0 Å². The van der Waals surface area contributed by atoms with Gasteiger partial charge >= 0.3 is 5.97 Å². The van der Waals surface area contributed by atoms with Crippen molar-refractivity contribution in [2.45, 2.75) is 58.4 Å². The third kappa shape index (κ3) is 5.73. The van der Waals surface area contributed by atoms with E-state index in [0.717, 1.165) is 25.7 Å². The fourth-order valence-corrected chi connectivity index (χ4v) is 2.99. The van der Waals surface area contributed by atoms with E-state index in [1.165, 1.54) is 4.90 Å². The molecule has 6 nitrogen and oxygen atoms in total. The fraction of sp³-hybridized carbons (Fsp3) is 0.800. The average Bonchev–Trinajstić information content (AvgIpc) is 2.74. The normalized spacial score (nSPS) is 16.8. The summed E-state index contributed by atoms with van der Waals surface area (Å²) >= 11 is 0. The highest BCUT2D eigenvalue weighted by atomic mass is 16.4. The van der Waals surface area contributed by atoms with Crippen LogP contribution in [0.25, 0.3) is 0 Å². The first-order chi connectivity index (χ1) is 9.74. The Hall–Kier alpha value is -1.59. The Morgan fingerprint density at radius 1 is 1.19 bits per heavy atom. The summed E-state index contributed by atoms with van der Waals surface area (Å²) in [4.78, 5) is 36.3. The Morgan fingerprint density at radius 3 is 2.24 bits per heavy atom. The van der Waals surface area contributed by atoms with Gasteiger partial charge in [0.05, 0.1) is 13.0 Å². The minimum Gasteiger partial charge on any atom is -0.481 e. The maximum absolute atomic E-state index is 12.3. The van der Waals surface area contributed by atoms with Gasteiger partial charge in [-0.3, -0.25) is 14.4 Å². The van der Waals surface area contributed by atoms with Crippen LogP contribution < -0.4 is 5.32 Å². The first-order valence-corrected chi connectivity index (χ1v) is 7.49. The maximum atomic E-state index is 12.3. The summed E-state index contributed by atoms with van der Waals surface area (Å²) < 4.78 is 0. The van der Waals surface area contributed by atoms with Crippen LogP contribution in [0.5, 0.6) is 0 Å². The van der Waals surface area contributed by atoms with Gasteiger partial charge in [-0.25, -0.2) is 0 Å². The molecular weight excluding hydrogens is 272 g/mol. The molecule has 21 heavy (non-hydrogen) atoms. The first-order valence-electron chi connectivity index (χ1n) is 7.49. The van der Waals surface area contributed by atoms with Gasteiger partial charge in [-0.2, -0.15) is 0 Å². The van der Waals surface area contributed by atoms with E-state index in [-0.39, 0.29) is 37.2 Å². The zero-order valence-corrected chi connectivity index (χ0v) is 13.1. The average molecular weight is 298 g/mol. The number of aliphatic carboxylic acids is 1. The van der Waals surface area contributed by atoms with E-state index in [0.29, 0.717) is 0 Å². The van der Waals surface area contributed by atoms with Crippen LogP contribution in [0.4, 0.5) is 0 Å². The molecule has 1 aliphatic carbocycles. The van der Waals surface area contributed by atoms with Crippen molar-refractivity contribution in [3.63, 3.8) is 0 Å². The lowest BCUT2D eigenvalue weighted by molar-refractivity contribution is -0.142. The number of carbonyl (C=O) groups excluding carboxylic acids is 2. The van der Waals surface area contributed by atoms with E-state index >= 15 is 0 Å². The molecule has 0 radical (unpaired) electrons. The molecule has 2 amide bonds. The van der Waals surface area contributed by atoms with Crippen molar-refractivity contribution in [2.24, 2.45) is 5.41 Å². The Kier molecular flexibility index (Phi) is 6.18. The highest BCUT2D eigenvalue weighted by Crippen LogP contribution is 2.44. The van der Waals surface area contributed by atoms with E-state index in [4.69, 9.17) is 5.11 Å². The molecule has 0 aromatic rings. The summed E-state index contributed by atoms with van der Waals surface area (Å²) in [5.41, 5.74) is -0.425. The van der Waals surface area contributed by atoms with Gasteiger partial charge < -0.3 is 15.3 Å². The Bertz CT molecular complexity index is 400. The number of hydrogen-bond acceptors (Lipinski definition) is 3. The van der Waals surface area contributed by atoms with Crippen molar-refractivity contribution < 1.29 is 19.5 Å². The number of likely N-dealkylation sites (N-methyl/N-ethyl adjacent to an activating group) is 1. The van der Waals surface area contributed by atoms with Crippen molar-refractivity contribution in [2.75, 3.05) is 13.6 Å². The lowest BCUT2D eigenvalue weighted by Crippen LogP contribution is -2.42. The highest BCUT2D eigenvalue weighted by molar-refractivity contribution is 5.85. The van der Waals surface area contributed by atoms with Gasteiger partial charge in [0, 0.05) is 19.5 Å². The van der Waals surface area contributed by atoms with Crippen molar-refractivity contribution >= 4 is 17.8 Å². The number of rotatable bonds is 7. The van der Waals surface area contributed by atoms with Crippen LogP contribution in [0.2, 0.25) is 0 Å². The van der Waals surface area contributed by atoms with Crippen molar-refractivity contribution in [1.29, 1.82) is 0 Å². The number of nitrogens with one attached hydrogen (secondary N) is 1. The minimum absolute atomic E-state index is 0.0141. The smallest absolute Gasteiger partial charge is 0.303 e. The minimum atomic E-state index is -0.857. The molecule has 2 N–H and O–H groups in total. The Balaban J connectivity index is 2.57. The standard InChI is InChI=1S/C15H26N2O4/c1-11(2)16-12(18)10-17(3)13(19)8-15(9-14(20)21)6-4-5-7-15/h11H,4-10H2,1-3H3,(H,16,18)(H,20,21). The van der Waals surface area contributed by atoms with Crippen LogP contribution in [0.1, 0.15) is 52.4 Å². The Labute approximate surface area is 125 Å². The van der Waals surface area contributed by atoms with Crippen LogP contribution in [-0.2, 0) is 14.4 Å². The molecule has 0 atom stereocenters. The van der Waals surface area contributed by atoms with Gasteiger partial charge in [-0.15, -0.1) is 0 Å². The molecule has 0 unspecified atom stereocenters. The summed E-state index contributed by atoms with van der Waals surface area (Å²) in [5.74, 6) is -1.21. The number of amides is 2. The summed E-state index contributed by atoms with van der Waals surface area (Å²) in [5, 5.41) is 11.8. The van der Waals surface area contributed by atoms with Gasteiger partial charge in [0.25, 0.3) is 0 Å². The molecule has 1 fully saturated rings. The summed E-state index contributed by atoms with van der Waals surface area (Å²) in [6, 6.07) is 0.0363. The van der Waals surface area contributed by atoms with E-state index < -0.39 is 11.4 Å². The SMILES string of the molecule is CC(C)NC(=O)CN(C)C(=O)CC1(CC(=O)O)CCCC1. The summed E-state index contributed by atoms with van der Waals surface area (Å²) in [7, 11) is 1.59. The zero-order chi connectivity index (χ0) is 16.0. The van der Waals surface area contributed by atoms with E-state index in [1.54, 1.807) is 7.05 Å². The topological polar surface area (TPSA) is 86.7 Å². The molecule has 0 spiro atoms. The lowest BCUT2D eigenvalue weighted by Gasteiger charge is -2.29. The molecule has 120 valence electrons. The fourth-order valence-electron chi connectivity index (χ4n) is 2.99. The second kappa shape index (κ2) is 7.43. The molecule has 1 rings (SSSR count). The molecule has 0 aliphatic heterocycles. The van der Waals surface area contributed by atoms with Crippen LogP contribution in [0.3, 0.4) is 0 Å². The van der Waals surface area contributed by atoms with Crippen LogP contribution in [0, 0.1) is 5.41 Å². The van der Waals surface area contributed by atoms with Gasteiger partial charge in [0.1, 0.15) is 0 Å². The van der Waals surface area contributed by atoms with Crippen molar-refractivity contribution in [3.05, 3.63) is 0 Å². The van der Waals surface area contributed by atoms with Crippen molar-refractivity contribution in [3.8, 4) is 0 Å². The summed E-state index contributed by atoms with van der Waals surface area (Å²) in [6.45, 7) is 3.74. The second-order valence-corrected chi connectivity index (χ2v) is 6.43. The second-order valence-electron chi connectivity index (χ2n) is 6.43. The highest BCUT2D eigenvalue weighted by Gasteiger charge is 2.38.